The van der Waals surface area contributed by atoms with Crippen molar-refractivity contribution in [1.29, 1.82) is 0 Å². The zero-order valence-corrected chi connectivity index (χ0v) is 29.4. The lowest BCUT2D eigenvalue weighted by atomic mass is 9.97. The SMILES string of the molecule is Cc1ccc(-c2ccccc2-n2c3ccccc3c3c(N(c4ccc(-c5ccccc5)cc4)c4ccc(-c5ccccc5)cc4)cccc32)c(C)c1. The van der Waals surface area contributed by atoms with E-state index in [1.807, 2.05) is 0 Å². The number of benzene rings is 8. The average Bonchev–Trinajstić information content (AvgIpc) is 3.54. The summed E-state index contributed by atoms with van der Waals surface area (Å²) in [5.74, 6) is 0. The van der Waals surface area contributed by atoms with Crippen LogP contribution in [0.15, 0.2) is 194 Å². The molecular weight excluding hydrogens is 629 g/mol. The number of aromatic nitrogens is 1. The van der Waals surface area contributed by atoms with Gasteiger partial charge in [0.1, 0.15) is 0 Å². The molecule has 0 saturated carbocycles. The molecule has 52 heavy (non-hydrogen) atoms. The maximum absolute atomic E-state index is 2.46. The Kier molecular flexibility index (Phi) is 7.98. The molecule has 0 bridgehead atoms. The van der Waals surface area contributed by atoms with Crippen LogP contribution in [0.5, 0.6) is 0 Å². The molecule has 0 amide bonds. The van der Waals surface area contributed by atoms with Gasteiger partial charge in [-0.3, -0.25) is 0 Å². The van der Waals surface area contributed by atoms with E-state index >= 15 is 0 Å². The molecule has 0 spiro atoms. The normalized spacial score (nSPS) is 11.3. The summed E-state index contributed by atoms with van der Waals surface area (Å²) < 4.78 is 2.46. The first-order valence-electron chi connectivity index (χ1n) is 17.9. The summed E-state index contributed by atoms with van der Waals surface area (Å²) >= 11 is 0. The van der Waals surface area contributed by atoms with Gasteiger partial charge in [-0.25, -0.2) is 0 Å². The van der Waals surface area contributed by atoms with Gasteiger partial charge in [-0.1, -0.05) is 151 Å². The van der Waals surface area contributed by atoms with Gasteiger partial charge in [0.2, 0.25) is 0 Å². The molecule has 0 radical (unpaired) electrons. The molecule has 2 heteroatoms. The summed E-state index contributed by atoms with van der Waals surface area (Å²) in [7, 11) is 0. The number of rotatable bonds is 7. The molecular formula is C50H38N2. The largest absolute Gasteiger partial charge is 0.310 e. The van der Waals surface area contributed by atoms with Crippen LogP contribution in [0, 0.1) is 13.8 Å². The standard InChI is InChI=1S/C50H38N2/c1-35-24-33-43(36(2)34-35)44-18-9-11-20-46(44)52-47-21-12-10-19-45(47)50-48(22-13-23-49(50)52)51(41-29-25-39(26-30-41)37-14-5-3-6-15-37)42-31-27-40(28-32-42)38-16-7-4-8-17-38/h3-34H,1-2H3. The van der Waals surface area contributed by atoms with Crippen molar-refractivity contribution < 1.29 is 0 Å². The van der Waals surface area contributed by atoms with Crippen molar-refractivity contribution >= 4 is 38.9 Å². The van der Waals surface area contributed by atoms with Gasteiger partial charge >= 0.3 is 0 Å². The smallest absolute Gasteiger partial charge is 0.0562 e. The molecule has 1 heterocycles. The van der Waals surface area contributed by atoms with Gasteiger partial charge < -0.3 is 9.47 Å². The predicted molar refractivity (Wildman–Crippen MR) is 221 cm³/mol. The van der Waals surface area contributed by atoms with Crippen LogP contribution in [0.3, 0.4) is 0 Å². The summed E-state index contributed by atoms with van der Waals surface area (Å²) in [6, 6.07) is 70.3. The van der Waals surface area contributed by atoms with Crippen LogP contribution in [-0.4, -0.2) is 4.57 Å². The second-order valence-corrected chi connectivity index (χ2v) is 13.5. The van der Waals surface area contributed by atoms with Crippen LogP contribution in [0.2, 0.25) is 0 Å². The van der Waals surface area contributed by atoms with E-state index in [1.54, 1.807) is 0 Å². The Morgan fingerprint density at radius 1 is 0.404 bits per heavy atom. The van der Waals surface area contributed by atoms with E-state index in [4.69, 9.17) is 0 Å². The molecule has 0 saturated heterocycles. The maximum atomic E-state index is 2.46. The second-order valence-electron chi connectivity index (χ2n) is 13.5. The highest BCUT2D eigenvalue weighted by Gasteiger charge is 2.22. The molecule has 0 N–H and O–H groups in total. The number of para-hydroxylation sites is 2. The Labute approximate surface area is 305 Å². The van der Waals surface area contributed by atoms with E-state index in [1.165, 1.54) is 72.0 Å². The lowest BCUT2D eigenvalue weighted by Gasteiger charge is -2.27. The Bertz CT molecular complexity index is 2590. The van der Waals surface area contributed by atoms with Crippen LogP contribution in [-0.2, 0) is 0 Å². The Morgan fingerprint density at radius 2 is 0.942 bits per heavy atom. The number of hydrogen-bond donors (Lipinski definition) is 0. The molecule has 8 aromatic carbocycles. The van der Waals surface area contributed by atoms with E-state index in [9.17, 15) is 0 Å². The minimum atomic E-state index is 1.10. The molecule has 2 nitrogen and oxygen atoms in total. The summed E-state index contributed by atoms with van der Waals surface area (Å²) in [5.41, 5.74) is 16.7. The summed E-state index contributed by atoms with van der Waals surface area (Å²) in [6.07, 6.45) is 0. The number of aryl methyl sites for hydroxylation is 2. The fourth-order valence-electron chi connectivity index (χ4n) is 7.75. The van der Waals surface area contributed by atoms with Crippen LogP contribution in [0.1, 0.15) is 11.1 Å². The second kappa shape index (κ2) is 13.2. The van der Waals surface area contributed by atoms with Crippen LogP contribution in [0.4, 0.5) is 17.1 Å². The molecule has 9 aromatic rings. The third-order valence-electron chi connectivity index (χ3n) is 10.2. The zero-order chi connectivity index (χ0) is 35.0. The minimum absolute atomic E-state index is 1.10. The van der Waals surface area contributed by atoms with Crippen molar-refractivity contribution in [2.45, 2.75) is 13.8 Å². The van der Waals surface area contributed by atoms with Crippen molar-refractivity contribution in [3.63, 3.8) is 0 Å². The fraction of sp³-hybridized carbons (Fsp3) is 0.0400. The van der Waals surface area contributed by atoms with Gasteiger partial charge in [-0.05, 0) is 95.8 Å². The number of anilines is 3. The zero-order valence-electron chi connectivity index (χ0n) is 29.4. The van der Waals surface area contributed by atoms with E-state index in [0.29, 0.717) is 0 Å². The van der Waals surface area contributed by atoms with Crippen molar-refractivity contribution in [1.82, 2.24) is 4.57 Å². The Morgan fingerprint density at radius 3 is 1.58 bits per heavy atom. The molecule has 0 unspecified atom stereocenters. The van der Waals surface area contributed by atoms with Gasteiger partial charge in [-0.2, -0.15) is 0 Å². The molecule has 0 aliphatic rings. The molecule has 0 atom stereocenters. The minimum Gasteiger partial charge on any atom is -0.310 e. The quantitative estimate of drug-likeness (QED) is 0.164. The van der Waals surface area contributed by atoms with Gasteiger partial charge in [0.15, 0.2) is 0 Å². The third-order valence-corrected chi connectivity index (χ3v) is 10.2. The van der Waals surface area contributed by atoms with Crippen molar-refractivity contribution in [3.8, 4) is 39.1 Å². The Hall–Kier alpha value is -6.64. The van der Waals surface area contributed by atoms with Crippen LogP contribution >= 0.6 is 0 Å². The predicted octanol–water partition coefficient (Wildman–Crippen LogP) is 13.9. The highest BCUT2D eigenvalue weighted by atomic mass is 15.1. The Balaban J connectivity index is 1.27. The number of fused-ring (bicyclic) bond motifs is 3. The molecule has 0 aliphatic heterocycles. The van der Waals surface area contributed by atoms with Crippen molar-refractivity contribution in [2.24, 2.45) is 0 Å². The van der Waals surface area contributed by atoms with Crippen molar-refractivity contribution in [3.05, 3.63) is 205 Å². The van der Waals surface area contributed by atoms with E-state index in [2.05, 4.69) is 217 Å². The summed E-state index contributed by atoms with van der Waals surface area (Å²) in [5, 5.41) is 2.43. The lowest BCUT2D eigenvalue weighted by Crippen LogP contribution is -2.10. The molecule has 0 fully saturated rings. The van der Waals surface area contributed by atoms with Gasteiger partial charge in [0.05, 0.1) is 22.4 Å². The molecule has 0 aliphatic carbocycles. The van der Waals surface area contributed by atoms with Crippen LogP contribution < -0.4 is 4.90 Å². The first-order chi connectivity index (χ1) is 25.6. The van der Waals surface area contributed by atoms with Crippen LogP contribution in [0.25, 0.3) is 60.9 Å². The average molecular weight is 667 g/mol. The number of nitrogens with zero attached hydrogens (tertiary/aromatic N) is 2. The van der Waals surface area contributed by atoms with Gasteiger partial charge in [0.25, 0.3) is 0 Å². The summed E-state index contributed by atoms with van der Waals surface area (Å²) in [4.78, 5) is 2.42. The van der Waals surface area contributed by atoms with E-state index in [0.717, 1.165) is 17.1 Å². The molecule has 9 rings (SSSR count). The number of hydrogen-bond acceptors (Lipinski definition) is 1. The first kappa shape index (κ1) is 31.3. The topological polar surface area (TPSA) is 8.17 Å². The first-order valence-corrected chi connectivity index (χ1v) is 17.9. The lowest BCUT2D eigenvalue weighted by molar-refractivity contribution is 1.18. The highest BCUT2D eigenvalue weighted by molar-refractivity contribution is 6.17. The van der Waals surface area contributed by atoms with Gasteiger partial charge in [-0.15, -0.1) is 0 Å². The van der Waals surface area contributed by atoms with Crippen molar-refractivity contribution in [2.75, 3.05) is 4.90 Å². The highest BCUT2D eigenvalue weighted by Crippen LogP contribution is 2.45. The molecule has 248 valence electrons. The van der Waals surface area contributed by atoms with E-state index < -0.39 is 0 Å². The third kappa shape index (κ3) is 5.55. The maximum Gasteiger partial charge on any atom is 0.0562 e. The monoisotopic (exact) mass is 666 g/mol. The molecule has 1 aromatic heterocycles. The summed E-state index contributed by atoms with van der Waals surface area (Å²) in [6.45, 7) is 4.38. The fourth-order valence-corrected chi connectivity index (χ4v) is 7.75. The van der Waals surface area contributed by atoms with E-state index in [-0.39, 0.29) is 0 Å². The van der Waals surface area contributed by atoms with Gasteiger partial charge in [0, 0.05) is 27.7 Å².